The Morgan fingerprint density at radius 1 is 1.03 bits per heavy atom. The topological polar surface area (TPSA) is 67.2 Å². The van der Waals surface area contributed by atoms with Gasteiger partial charge in [0.05, 0.1) is 10.6 Å². The highest BCUT2D eigenvalue weighted by Gasteiger charge is 2.14. The number of carbonyl (C=O) groups excluding carboxylic acids is 1. The van der Waals surface area contributed by atoms with Crippen molar-refractivity contribution in [2.75, 3.05) is 5.32 Å². The van der Waals surface area contributed by atoms with Crippen molar-refractivity contribution >= 4 is 96.8 Å². The number of oxazole rings is 1. The summed E-state index contributed by atoms with van der Waals surface area (Å²) in [4.78, 5) is 17.0. The first-order chi connectivity index (χ1) is 14.4. The lowest BCUT2D eigenvalue weighted by Gasteiger charge is -2.10. The number of anilines is 1. The molecule has 3 aromatic carbocycles. The van der Waals surface area contributed by atoms with E-state index in [-0.39, 0.29) is 11.0 Å². The van der Waals surface area contributed by atoms with Gasteiger partial charge in [0.15, 0.2) is 10.7 Å². The molecule has 0 atom stereocenters. The van der Waals surface area contributed by atoms with Crippen LogP contribution >= 0.6 is 69.0 Å². The van der Waals surface area contributed by atoms with Gasteiger partial charge in [-0.3, -0.25) is 10.1 Å². The minimum absolute atomic E-state index is 0.163. The molecule has 1 aromatic heterocycles. The van der Waals surface area contributed by atoms with E-state index in [9.17, 15) is 4.79 Å². The third kappa shape index (κ3) is 4.93. The second-order valence-electron chi connectivity index (χ2n) is 6.24. The van der Waals surface area contributed by atoms with E-state index in [1.165, 1.54) is 0 Å². The summed E-state index contributed by atoms with van der Waals surface area (Å²) >= 11 is 15.8. The highest BCUT2D eigenvalue weighted by molar-refractivity contribution is 14.1. The molecular weight excluding hydrogens is 648 g/mol. The van der Waals surface area contributed by atoms with Crippen molar-refractivity contribution in [3.05, 3.63) is 78.4 Å². The van der Waals surface area contributed by atoms with Crippen LogP contribution in [0, 0.1) is 7.14 Å². The molecule has 0 aliphatic heterocycles. The van der Waals surface area contributed by atoms with Crippen LogP contribution in [0.4, 0.5) is 5.69 Å². The van der Waals surface area contributed by atoms with Crippen molar-refractivity contribution in [1.82, 2.24) is 10.3 Å². The molecule has 0 aliphatic carbocycles. The number of fused-ring (bicyclic) bond motifs is 1. The highest BCUT2D eigenvalue weighted by atomic mass is 127. The molecule has 0 bridgehead atoms. The Labute approximate surface area is 209 Å². The summed E-state index contributed by atoms with van der Waals surface area (Å²) in [5, 5.41) is 6.17. The molecule has 0 fully saturated rings. The van der Waals surface area contributed by atoms with E-state index in [1.54, 1.807) is 12.1 Å². The summed E-state index contributed by atoms with van der Waals surface area (Å²) < 4.78 is 7.86. The zero-order valence-corrected chi connectivity index (χ0v) is 21.0. The summed E-state index contributed by atoms with van der Waals surface area (Å²) in [6.45, 7) is 0. The second kappa shape index (κ2) is 9.16. The first kappa shape index (κ1) is 21.5. The molecule has 2 N–H and O–H groups in total. The van der Waals surface area contributed by atoms with Crippen molar-refractivity contribution in [3.63, 3.8) is 0 Å². The molecule has 0 spiro atoms. The van der Waals surface area contributed by atoms with Crippen LogP contribution in [0.1, 0.15) is 10.4 Å². The molecule has 1 amide bonds. The van der Waals surface area contributed by atoms with Crippen LogP contribution in [-0.4, -0.2) is 16.0 Å². The molecule has 1 heterocycles. The molecule has 4 rings (SSSR count). The summed E-state index contributed by atoms with van der Waals surface area (Å²) in [6, 6.07) is 18.6. The quantitative estimate of drug-likeness (QED) is 0.195. The van der Waals surface area contributed by atoms with Gasteiger partial charge in [-0.05, 0) is 112 Å². The minimum atomic E-state index is -0.375. The van der Waals surface area contributed by atoms with Gasteiger partial charge >= 0.3 is 0 Å². The number of nitrogens with zero attached hydrogens (tertiary/aromatic N) is 1. The fourth-order valence-electron chi connectivity index (χ4n) is 2.75. The number of hydrogen-bond donors (Lipinski definition) is 2. The van der Waals surface area contributed by atoms with Crippen molar-refractivity contribution in [2.24, 2.45) is 0 Å². The van der Waals surface area contributed by atoms with Crippen LogP contribution in [0.25, 0.3) is 22.6 Å². The Hall–Kier alpha value is -1.76. The molecule has 0 saturated heterocycles. The van der Waals surface area contributed by atoms with Crippen LogP contribution in [0.15, 0.2) is 65.1 Å². The lowest BCUT2D eigenvalue weighted by atomic mass is 10.2. The maximum absolute atomic E-state index is 12.5. The van der Waals surface area contributed by atoms with E-state index in [2.05, 4.69) is 60.8 Å². The lowest BCUT2D eigenvalue weighted by molar-refractivity contribution is 0.0978. The monoisotopic (exact) mass is 659 g/mol. The molecular formula is C21H12ClI2N3O2S. The normalized spacial score (nSPS) is 10.8. The first-order valence-corrected chi connectivity index (χ1v) is 11.6. The van der Waals surface area contributed by atoms with E-state index >= 15 is 0 Å². The molecule has 5 nitrogen and oxygen atoms in total. The third-order valence-electron chi connectivity index (χ3n) is 4.12. The molecule has 0 unspecified atom stereocenters. The zero-order chi connectivity index (χ0) is 21.3. The number of aromatic nitrogens is 1. The largest absolute Gasteiger partial charge is 0.436 e. The van der Waals surface area contributed by atoms with Gasteiger partial charge in [0.1, 0.15) is 5.52 Å². The molecule has 4 aromatic rings. The second-order valence-corrected chi connectivity index (χ2v) is 9.55. The Kier molecular flexibility index (Phi) is 6.56. The van der Waals surface area contributed by atoms with Crippen LogP contribution in [0.5, 0.6) is 0 Å². The van der Waals surface area contributed by atoms with Crippen molar-refractivity contribution in [3.8, 4) is 11.5 Å². The Morgan fingerprint density at radius 3 is 2.63 bits per heavy atom. The van der Waals surface area contributed by atoms with E-state index < -0.39 is 0 Å². The van der Waals surface area contributed by atoms with Gasteiger partial charge in [0.25, 0.3) is 5.91 Å². The number of rotatable bonds is 3. The van der Waals surface area contributed by atoms with Crippen LogP contribution < -0.4 is 10.6 Å². The molecule has 0 saturated carbocycles. The Bertz CT molecular complexity index is 1290. The standard InChI is InChI=1S/C21H12ClI2N3O2S/c22-16-6-4-13(24)9-15(16)19(28)27-21(30)25-14-5-7-18-17(10-14)26-20(29-18)11-2-1-3-12(23)8-11/h1-10H,(H2,25,27,28,30). The number of nitrogens with one attached hydrogen (secondary N) is 2. The SMILES string of the molecule is O=C(NC(=S)Nc1ccc2oc(-c3cccc(I)c3)nc2c1)c1cc(I)ccc1Cl. The minimum Gasteiger partial charge on any atom is -0.436 e. The number of amides is 1. The lowest BCUT2D eigenvalue weighted by Crippen LogP contribution is -2.34. The fraction of sp³-hybridized carbons (Fsp3) is 0. The number of carbonyl (C=O) groups is 1. The maximum Gasteiger partial charge on any atom is 0.258 e. The van der Waals surface area contributed by atoms with Crippen LogP contribution in [-0.2, 0) is 0 Å². The summed E-state index contributed by atoms with van der Waals surface area (Å²) in [6.07, 6.45) is 0. The van der Waals surface area contributed by atoms with E-state index in [1.807, 2.05) is 48.5 Å². The summed E-state index contributed by atoms with van der Waals surface area (Å²) in [5.41, 5.74) is 3.30. The predicted octanol–water partition coefficient (Wildman–Crippen LogP) is 6.48. The zero-order valence-electron chi connectivity index (χ0n) is 15.1. The van der Waals surface area contributed by atoms with E-state index in [0.29, 0.717) is 33.3 Å². The number of thiocarbonyl (C=S) groups is 1. The molecule has 0 radical (unpaired) electrons. The van der Waals surface area contributed by atoms with Gasteiger partial charge in [-0.2, -0.15) is 0 Å². The Balaban J connectivity index is 1.50. The molecule has 30 heavy (non-hydrogen) atoms. The van der Waals surface area contributed by atoms with E-state index in [4.69, 9.17) is 28.2 Å². The smallest absolute Gasteiger partial charge is 0.258 e. The van der Waals surface area contributed by atoms with Gasteiger partial charge in [0, 0.05) is 18.4 Å². The maximum atomic E-state index is 12.5. The summed E-state index contributed by atoms with van der Waals surface area (Å²) in [5.74, 6) is 0.171. The molecule has 0 aliphatic rings. The van der Waals surface area contributed by atoms with Crippen molar-refractivity contribution in [1.29, 1.82) is 0 Å². The number of halogens is 3. The summed E-state index contributed by atoms with van der Waals surface area (Å²) in [7, 11) is 0. The van der Waals surface area contributed by atoms with Gasteiger partial charge in [-0.15, -0.1) is 0 Å². The number of benzene rings is 3. The van der Waals surface area contributed by atoms with Gasteiger partial charge in [-0.1, -0.05) is 17.7 Å². The molecule has 150 valence electrons. The van der Waals surface area contributed by atoms with Crippen molar-refractivity contribution < 1.29 is 9.21 Å². The average Bonchev–Trinajstić information content (AvgIpc) is 3.13. The molecule has 9 heteroatoms. The number of hydrogen-bond acceptors (Lipinski definition) is 4. The predicted molar refractivity (Wildman–Crippen MR) is 140 cm³/mol. The Morgan fingerprint density at radius 2 is 1.83 bits per heavy atom. The van der Waals surface area contributed by atoms with Crippen LogP contribution in [0.3, 0.4) is 0 Å². The van der Waals surface area contributed by atoms with Gasteiger partial charge in [0.2, 0.25) is 5.89 Å². The van der Waals surface area contributed by atoms with Gasteiger partial charge in [-0.25, -0.2) is 4.98 Å². The van der Waals surface area contributed by atoms with E-state index in [0.717, 1.165) is 12.7 Å². The highest BCUT2D eigenvalue weighted by Crippen LogP contribution is 2.27. The van der Waals surface area contributed by atoms with Crippen LogP contribution in [0.2, 0.25) is 5.02 Å². The van der Waals surface area contributed by atoms with Gasteiger partial charge < -0.3 is 9.73 Å². The van der Waals surface area contributed by atoms with Crippen molar-refractivity contribution in [2.45, 2.75) is 0 Å². The fourth-order valence-corrected chi connectivity index (χ4v) is 4.20. The first-order valence-electron chi connectivity index (χ1n) is 8.63. The third-order valence-corrected chi connectivity index (χ3v) is 5.99. The average molecular weight is 660 g/mol.